The fraction of sp³-hybridized carbons (Fsp3) is 0.929. The molecule has 0 atom stereocenters. The van der Waals surface area contributed by atoms with Gasteiger partial charge in [0.25, 0.3) is 0 Å². The van der Waals surface area contributed by atoms with Gasteiger partial charge in [-0.3, -0.25) is 9.69 Å². The summed E-state index contributed by atoms with van der Waals surface area (Å²) in [6.45, 7) is 4.21. The van der Waals surface area contributed by atoms with Crippen molar-refractivity contribution in [2.45, 2.75) is 44.1 Å². The largest absolute Gasteiger partial charge is 0.349 e. The van der Waals surface area contributed by atoms with Crippen molar-refractivity contribution in [3.8, 4) is 0 Å². The highest BCUT2D eigenvalue weighted by Crippen LogP contribution is 2.34. The van der Waals surface area contributed by atoms with E-state index in [4.69, 9.17) is 0 Å². The van der Waals surface area contributed by atoms with Crippen LogP contribution in [0.1, 0.15) is 38.5 Å². The van der Waals surface area contributed by atoms with Gasteiger partial charge in [-0.05, 0) is 12.8 Å². The first-order valence-corrected chi connectivity index (χ1v) is 7.30. The molecule has 0 aromatic carbocycles. The molecule has 0 aromatic heterocycles. The Bertz CT molecular complexity index is 282. The summed E-state index contributed by atoms with van der Waals surface area (Å²) in [5, 5.41) is 3.55. The smallest absolute Gasteiger partial charge is 0.223 e. The summed E-state index contributed by atoms with van der Waals surface area (Å²) in [5.74, 6) is 0.250. The average Bonchev–Trinajstić information content (AvgIpc) is 2.38. The van der Waals surface area contributed by atoms with Crippen LogP contribution in [-0.4, -0.2) is 61.5 Å². The molecule has 1 N–H and O–H groups in total. The highest BCUT2D eigenvalue weighted by Gasteiger charge is 2.39. The van der Waals surface area contributed by atoms with Gasteiger partial charge in [0.1, 0.15) is 0 Å². The Labute approximate surface area is 123 Å². The van der Waals surface area contributed by atoms with Crippen molar-refractivity contribution < 1.29 is 4.79 Å². The van der Waals surface area contributed by atoms with Gasteiger partial charge in [-0.1, -0.05) is 19.3 Å². The van der Waals surface area contributed by atoms with Gasteiger partial charge in [0.15, 0.2) is 0 Å². The lowest BCUT2D eigenvalue weighted by Gasteiger charge is -2.50. The van der Waals surface area contributed by atoms with E-state index in [1.807, 2.05) is 14.1 Å². The first kappa shape index (κ1) is 16.7. The van der Waals surface area contributed by atoms with E-state index in [0.717, 1.165) is 26.2 Å². The molecule has 2 aliphatic rings. The lowest BCUT2D eigenvalue weighted by molar-refractivity contribution is -0.129. The molecule has 1 saturated heterocycles. The monoisotopic (exact) mass is 289 g/mol. The maximum atomic E-state index is 11.7. The van der Waals surface area contributed by atoms with Crippen molar-refractivity contribution in [1.29, 1.82) is 0 Å². The van der Waals surface area contributed by atoms with E-state index in [-0.39, 0.29) is 18.3 Å². The predicted molar refractivity (Wildman–Crippen MR) is 80.8 cm³/mol. The van der Waals surface area contributed by atoms with Crippen molar-refractivity contribution in [3.05, 3.63) is 0 Å². The molecule has 1 aliphatic carbocycles. The molecule has 2 fully saturated rings. The zero-order chi connectivity index (χ0) is 13.0. The number of carbonyl (C=O) groups excluding carboxylic acids is 1. The molecule has 0 radical (unpaired) electrons. The number of rotatable bonds is 3. The minimum Gasteiger partial charge on any atom is -0.349 e. The third kappa shape index (κ3) is 4.07. The van der Waals surface area contributed by atoms with Gasteiger partial charge in [0.05, 0.1) is 0 Å². The van der Waals surface area contributed by atoms with E-state index in [9.17, 15) is 4.79 Å². The Balaban J connectivity index is 0.00000180. The van der Waals surface area contributed by atoms with Crippen LogP contribution in [0.5, 0.6) is 0 Å². The highest BCUT2D eigenvalue weighted by molar-refractivity contribution is 5.85. The normalized spacial score (nSPS) is 22.8. The SMILES string of the molecule is CN(C)C(=O)CCN1CCNCC12CCCCC2.Cl. The fourth-order valence-electron chi connectivity index (χ4n) is 3.39. The molecule has 112 valence electrons. The average molecular weight is 290 g/mol. The molecular weight excluding hydrogens is 262 g/mol. The maximum absolute atomic E-state index is 11.7. The number of halogens is 1. The lowest BCUT2D eigenvalue weighted by atomic mass is 9.79. The quantitative estimate of drug-likeness (QED) is 0.855. The molecule has 1 spiro atoms. The van der Waals surface area contributed by atoms with E-state index >= 15 is 0 Å². The molecule has 19 heavy (non-hydrogen) atoms. The molecule has 5 heteroatoms. The van der Waals surface area contributed by atoms with Crippen LogP contribution in [0.4, 0.5) is 0 Å². The summed E-state index contributed by atoms with van der Waals surface area (Å²) in [4.78, 5) is 16.0. The van der Waals surface area contributed by atoms with E-state index in [1.54, 1.807) is 4.90 Å². The molecular formula is C14H28ClN3O. The second-order valence-electron chi connectivity index (χ2n) is 5.99. The number of amides is 1. The Morgan fingerprint density at radius 1 is 1.26 bits per heavy atom. The molecule has 2 rings (SSSR count). The highest BCUT2D eigenvalue weighted by atomic mass is 35.5. The van der Waals surface area contributed by atoms with Crippen molar-refractivity contribution >= 4 is 18.3 Å². The minimum atomic E-state index is 0. The van der Waals surface area contributed by atoms with Crippen LogP contribution in [0.25, 0.3) is 0 Å². The summed E-state index contributed by atoms with van der Waals surface area (Å²) in [6, 6.07) is 0. The molecule has 0 aromatic rings. The molecule has 1 aliphatic heterocycles. The predicted octanol–water partition coefficient (Wildman–Crippen LogP) is 1.49. The van der Waals surface area contributed by atoms with Gasteiger partial charge in [-0.25, -0.2) is 0 Å². The van der Waals surface area contributed by atoms with Crippen LogP contribution in [0.2, 0.25) is 0 Å². The van der Waals surface area contributed by atoms with Gasteiger partial charge >= 0.3 is 0 Å². The Hall–Kier alpha value is -0.320. The summed E-state index contributed by atoms with van der Waals surface area (Å²) >= 11 is 0. The molecule has 1 amide bonds. The van der Waals surface area contributed by atoms with Crippen LogP contribution in [0, 0.1) is 0 Å². The molecule has 1 saturated carbocycles. The number of piperazine rings is 1. The second-order valence-corrected chi connectivity index (χ2v) is 5.99. The van der Waals surface area contributed by atoms with Crippen molar-refractivity contribution in [3.63, 3.8) is 0 Å². The van der Waals surface area contributed by atoms with Crippen LogP contribution >= 0.6 is 12.4 Å². The first-order valence-electron chi connectivity index (χ1n) is 7.30. The number of hydrogen-bond acceptors (Lipinski definition) is 3. The number of nitrogens with one attached hydrogen (secondary N) is 1. The van der Waals surface area contributed by atoms with Crippen LogP contribution in [0.3, 0.4) is 0 Å². The van der Waals surface area contributed by atoms with E-state index in [1.165, 1.54) is 32.1 Å². The fourth-order valence-corrected chi connectivity index (χ4v) is 3.39. The van der Waals surface area contributed by atoms with E-state index < -0.39 is 0 Å². The Morgan fingerprint density at radius 2 is 1.95 bits per heavy atom. The van der Waals surface area contributed by atoms with E-state index in [2.05, 4.69) is 10.2 Å². The summed E-state index contributed by atoms with van der Waals surface area (Å²) < 4.78 is 0. The second kappa shape index (κ2) is 7.46. The van der Waals surface area contributed by atoms with Gasteiger partial charge in [-0.2, -0.15) is 0 Å². The minimum absolute atomic E-state index is 0. The third-order valence-corrected chi connectivity index (χ3v) is 4.56. The molecule has 1 heterocycles. The standard InChI is InChI=1S/C14H27N3O.ClH/c1-16(2)13(18)6-10-17-11-9-15-12-14(17)7-4-3-5-8-14;/h15H,3-12H2,1-2H3;1H. The summed E-state index contributed by atoms with van der Waals surface area (Å²) in [7, 11) is 3.69. The number of hydrogen-bond donors (Lipinski definition) is 1. The van der Waals surface area contributed by atoms with Crippen LogP contribution < -0.4 is 5.32 Å². The molecule has 0 bridgehead atoms. The van der Waals surface area contributed by atoms with E-state index in [0.29, 0.717) is 12.0 Å². The van der Waals surface area contributed by atoms with Gasteiger partial charge < -0.3 is 10.2 Å². The van der Waals surface area contributed by atoms with Crippen LogP contribution in [-0.2, 0) is 4.79 Å². The zero-order valence-corrected chi connectivity index (χ0v) is 13.1. The van der Waals surface area contributed by atoms with Crippen LogP contribution in [0.15, 0.2) is 0 Å². The van der Waals surface area contributed by atoms with Crippen molar-refractivity contribution in [2.24, 2.45) is 0 Å². The lowest BCUT2D eigenvalue weighted by Crippen LogP contribution is -2.62. The van der Waals surface area contributed by atoms with Gasteiger partial charge in [-0.15, -0.1) is 12.4 Å². The zero-order valence-electron chi connectivity index (χ0n) is 12.3. The summed E-state index contributed by atoms with van der Waals surface area (Å²) in [6.07, 6.45) is 7.34. The topological polar surface area (TPSA) is 35.6 Å². The summed E-state index contributed by atoms with van der Waals surface area (Å²) in [5.41, 5.74) is 0.350. The molecule has 4 nitrogen and oxygen atoms in total. The Morgan fingerprint density at radius 3 is 2.58 bits per heavy atom. The van der Waals surface area contributed by atoms with Crippen molar-refractivity contribution in [1.82, 2.24) is 15.1 Å². The van der Waals surface area contributed by atoms with Crippen molar-refractivity contribution in [2.75, 3.05) is 40.3 Å². The third-order valence-electron chi connectivity index (χ3n) is 4.56. The Kier molecular flexibility index (Phi) is 6.57. The number of nitrogens with zero attached hydrogens (tertiary/aromatic N) is 2. The first-order chi connectivity index (χ1) is 8.64. The van der Waals surface area contributed by atoms with Gasteiger partial charge in [0.2, 0.25) is 5.91 Å². The molecule has 0 unspecified atom stereocenters. The maximum Gasteiger partial charge on any atom is 0.223 e. The number of carbonyl (C=O) groups is 1. The van der Waals surface area contributed by atoms with Gasteiger partial charge in [0, 0.05) is 52.2 Å².